The Balaban J connectivity index is 1.78. The number of carbonyl (C=O) groups excluding carboxylic acids is 3. The van der Waals surface area contributed by atoms with Gasteiger partial charge < -0.3 is 10.1 Å². The minimum absolute atomic E-state index is 0.00346. The lowest BCUT2D eigenvalue weighted by molar-refractivity contribution is -0.384. The summed E-state index contributed by atoms with van der Waals surface area (Å²) in [6.07, 6.45) is -1.10. The Bertz CT molecular complexity index is 880. The molecule has 0 bridgehead atoms. The van der Waals surface area contributed by atoms with Crippen LogP contribution in [-0.4, -0.2) is 35.2 Å². The first-order chi connectivity index (χ1) is 13.3. The number of non-ortho nitro benzene ring substituents is 1. The summed E-state index contributed by atoms with van der Waals surface area (Å²) in [6, 6.07) is 11.3. The van der Waals surface area contributed by atoms with Gasteiger partial charge in [0.25, 0.3) is 11.6 Å². The van der Waals surface area contributed by atoms with E-state index in [0.29, 0.717) is 10.6 Å². The minimum Gasteiger partial charge on any atom is -0.454 e. The highest BCUT2D eigenvalue weighted by atomic mass is 35.5. The first-order valence-electron chi connectivity index (χ1n) is 8.30. The summed E-state index contributed by atoms with van der Waals surface area (Å²) < 4.78 is 5.08. The van der Waals surface area contributed by atoms with Gasteiger partial charge in [-0.15, -0.1) is 0 Å². The van der Waals surface area contributed by atoms with E-state index in [1.54, 1.807) is 24.3 Å². The van der Waals surface area contributed by atoms with Gasteiger partial charge in [0.2, 0.25) is 5.78 Å². The molecule has 0 aliphatic rings. The van der Waals surface area contributed by atoms with E-state index in [1.807, 2.05) is 0 Å². The molecule has 0 fully saturated rings. The number of halogens is 1. The molecule has 2 aromatic rings. The molecular formula is C19H17ClN2O6. The number of nitrogens with zero attached hydrogens (tertiary/aromatic N) is 1. The molecule has 2 rings (SSSR count). The number of nitrogens with one attached hydrogen (secondary N) is 1. The van der Waals surface area contributed by atoms with Gasteiger partial charge in [-0.2, -0.15) is 0 Å². The SMILES string of the molecule is C[C@H](OC(=O)CCNC(=O)c1ccc([N+](=O)[O-])cc1)C(=O)c1ccc(Cl)cc1. The van der Waals surface area contributed by atoms with E-state index >= 15 is 0 Å². The number of nitro benzene ring substituents is 1. The molecule has 0 aliphatic carbocycles. The fourth-order valence-electron chi connectivity index (χ4n) is 2.27. The number of ether oxygens (including phenoxy) is 1. The van der Waals surface area contributed by atoms with Crippen molar-refractivity contribution in [3.63, 3.8) is 0 Å². The number of benzene rings is 2. The van der Waals surface area contributed by atoms with Crippen LogP contribution in [0.25, 0.3) is 0 Å². The van der Waals surface area contributed by atoms with Gasteiger partial charge >= 0.3 is 5.97 Å². The molecule has 0 aliphatic heterocycles. The summed E-state index contributed by atoms with van der Waals surface area (Å²) in [7, 11) is 0. The standard InChI is InChI=1S/C19H17ClN2O6/c1-12(18(24)13-2-6-15(20)7-3-13)28-17(23)10-11-21-19(25)14-4-8-16(9-5-14)22(26)27/h2-9,12H,10-11H2,1H3,(H,21,25)/t12-/m0/s1. The van der Waals surface area contributed by atoms with Gasteiger partial charge in [0.15, 0.2) is 6.10 Å². The number of Topliss-reactive ketones (excluding diaryl/α,β-unsaturated/α-hetero) is 1. The number of carbonyl (C=O) groups is 3. The monoisotopic (exact) mass is 404 g/mol. The maximum Gasteiger partial charge on any atom is 0.308 e. The van der Waals surface area contributed by atoms with E-state index in [9.17, 15) is 24.5 Å². The molecule has 0 unspecified atom stereocenters. The van der Waals surface area contributed by atoms with Gasteiger partial charge in [0.05, 0.1) is 11.3 Å². The zero-order valence-corrected chi connectivity index (χ0v) is 15.6. The molecule has 0 saturated carbocycles. The summed E-state index contributed by atoms with van der Waals surface area (Å²) in [5.41, 5.74) is 0.473. The maximum absolute atomic E-state index is 12.2. The van der Waals surface area contributed by atoms with Crippen molar-refractivity contribution in [3.05, 3.63) is 74.8 Å². The molecule has 0 aromatic heterocycles. The van der Waals surface area contributed by atoms with Crippen LogP contribution in [0.2, 0.25) is 5.02 Å². The van der Waals surface area contributed by atoms with Gasteiger partial charge in [-0.3, -0.25) is 24.5 Å². The molecule has 9 heteroatoms. The Morgan fingerprint density at radius 1 is 1.07 bits per heavy atom. The third kappa shape index (κ3) is 5.88. The second-order valence-corrected chi connectivity index (χ2v) is 6.25. The molecule has 8 nitrogen and oxygen atoms in total. The Labute approximate surface area is 165 Å². The number of ketones is 1. The number of rotatable bonds is 8. The van der Waals surface area contributed by atoms with Crippen LogP contribution in [0.5, 0.6) is 0 Å². The molecule has 0 saturated heterocycles. The lowest BCUT2D eigenvalue weighted by atomic mass is 10.1. The van der Waals surface area contributed by atoms with Crippen molar-refractivity contribution < 1.29 is 24.0 Å². The van der Waals surface area contributed by atoms with Gasteiger partial charge in [-0.25, -0.2) is 0 Å². The highest BCUT2D eigenvalue weighted by Crippen LogP contribution is 2.13. The number of hydrogen-bond donors (Lipinski definition) is 1. The first-order valence-corrected chi connectivity index (χ1v) is 8.67. The van der Waals surface area contributed by atoms with Crippen molar-refractivity contribution in [2.24, 2.45) is 0 Å². The highest BCUT2D eigenvalue weighted by molar-refractivity contribution is 6.30. The van der Waals surface area contributed by atoms with Crippen molar-refractivity contribution in [2.75, 3.05) is 6.54 Å². The Morgan fingerprint density at radius 2 is 1.64 bits per heavy atom. The second kappa shape index (κ2) is 9.61. The first kappa shape index (κ1) is 21.0. The second-order valence-electron chi connectivity index (χ2n) is 5.81. The topological polar surface area (TPSA) is 116 Å². The average Bonchev–Trinajstić information content (AvgIpc) is 2.67. The van der Waals surface area contributed by atoms with E-state index in [0.717, 1.165) is 0 Å². The van der Waals surface area contributed by atoms with Crippen LogP contribution in [0.4, 0.5) is 5.69 Å². The fourth-order valence-corrected chi connectivity index (χ4v) is 2.40. The van der Waals surface area contributed by atoms with Crippen LogP contribution in [0.15, 0.2) is 48.5 Å². The minimum atomic E-state index is -0.973. The summed E-state index contributed by atoms with van der Waals surface area (Å²) >= 11 is 5.77. The van der Waals surface area contributed by atoms with E-state index in [1.165, 1.54) is 31.2 Å². The Hall–Kier alpha value is -3.26. The van der Waals surface area contributed by atoms with Crippen LogP contribution in [0, 0.1) is 10.1 Å². The number of esters is 1. The molecule has 1 N–H and O–H groups in total. The number of amides is 1. The summed E-state index contributed by atoms with van der Waals surface area (Å²) in [5, 5.41) is 13.6. The summed E-state index contributed by atoms with van der Waals surface area (Å²) in [6.45, 7) is 1.46. The van der Waals surface area contributed by atoms with Gasteiger partial charge in [-0.1, -0.05) is 11.6 Å². The third-order valence-corrected chi connectivity index (χ3v) is 4.01. The van der Waals surface area contributed by atoms with Crippen molar-refractivity contribution in [1.29, 1.82) is 0 Å². The van der Waals surface area contributed by atoms with E-state index in [4.69, 9.17) is 16.3 Å². The number of nitro groups is 1. The van der Waals surface area contributed by atoms with Crippen molar-refractivity contribution in [1.82, 2.24) is 5.32 Å². The zero-order chi connectivity index (χ0) is 20.7. The molecule has 0 heterocycles. The van der Waals surface area contributed by atoms with Crippen molar-refractivity contribution in [3.8, 4) is 0 Å². The van der Waals surface area contributed by atoms with Gasteiger partial charge in [-0.05, 0) is 43.3 Å². The predicted molar refractivity (Wildman–Crippen MR) is 101 cm³/mol. The van der Waals surface area contributed by atoms with E-state index in [-0.39, 0.29) is 30.0 Å². The van der Waals surface area contributed by atoms with Crippen molar-refractivity contribution in [2.45, 2.75) is 19.4 Å². The highest BCUT2D eigenvalue weighted by Gasteiger charge is 2.19. The Morgan fingerprint density at radius 3 is 2.21 bits per heavy atom. The predicted octanol–water partition coefficient (Wildman–Crippen LogP) is 3.18. The third-order valence-electron chi connectivity index (χ3n) is 3.76. The maximum atomic E-state index is 12.2. The zero-order valence-electron chi connectivity index (χ0n) is 14.9. The smallest absolute Gasteiger partial charge is 0.308 e. The molecule has 146 valence electrons. The van der Waals surface area contributed by atoms with Gasteiger partial charge in [0, 0.05) is 34.8 Å². The van der Waals surface area contributed by atoms with E-state index in [2.05, 4.69) is 5.32 Å². The van der Waals surface area contributed by atoms with Crippen LogP contribution >= 0.6 is 11.6 Å². The fraction of sp³-hybridized carbons (Fsp3) is 0.211. The number of hydrogen-bond acceptors (Lipinski definition) is 6. The van der Waals surface area contributed by atoms with Crippen molar-refractivity contribution >= 4 is 34.9 Å². The van der Waals surface area contributed by atoms with Crippen LogP contribution in [0.1, 0.15) is 34.1 Å². The summed E-state index contributed by atoms with van der Waals surface area (Å²) in [4.78, 5) is 46.0. The normalized spacial score (nSPS) is 11.4. The molecule has 2 aromatic carbocycles. The summed E-state index contributed by atoms with van der Waals surface area (Å²) in [5.74, 6) is -1.48. The molecule has 1 atom stereocenters. The quantitative estimate of drug-likeness (QED) is 0.312. The van der Waals surface area contributed by atoms with Crippen LogP contribution in [0.3, 0.4) is 0 Å². The molecule has 28 heavy (non-hydrogen) atoms. The van der Waals surface area contributed by atoms with Gasteiger partial charge in [0.1, 0.15) is 0 Å². The molecule has 0 spiro atoms. The average molecular weight is 405 g/mol. The Kier molecular flexibility index (Phi) is 7.22. The van der Waals surface area contributed by atoms with E-state index < -0.39 is 22.9 Å². The molecule has 0 radical (unpaired) electrons. The largest absolute Gasteiger partial charge is 0.454 e. The lowest BCUT2D eigenvalue weighted by Crippen LogP contribution is -2.29. The lowest BCUT2D eigenvalue weighted by Gasteiger charge is -2.12. The molecular weight excluding hydrogens is 388 g/mol. The van der Waals surface area contributed by atoms with Crippen LogP contribution < -0.4 is 5.32 Å². The van der Waals surface area contributed by atoms with Crippen LogP contribution in [-0.2, 0) is 9.53 Å². The molecule has 1 amide bonds.